The Hall–Kier alpha value is -1.59. The molecule has 5 heteroatoms. The van der Waals surface area contributed by atoms with Crippen molar-refractivity contribution in [3.8, 4) is 5.75 Å². The summed E-state index contributed by atoms with van der Waals surface area (Å²) in [6.07, 6.45) is 0.577. The lowest BCUT2D eigenvalue weighted by Crippen LogP contribution is -2.43. The number of hydrogen-bond donors (Lipinski definition) is 0. The standard InChI is InChI=1S/C22H29BrO3Si/c1-22(2,3)27(4,5)26-19-13-11-17(12-14-19)15-20(23)21(24)25-16-18-9-7-6-8-10-18/h6-14,20H,15-16H2,1-5H3. The third-order valence-corrected chi connectivity index (χ3v) is 10.1. The molecule has 2 rings (SSSR count). The van der Waals surface area contributed by atoms with Gasteiger partial charge in [-0.05, 0) is 47.8 Å². The number of carbonyl (C=O) groups excluding carboxylic acids is 1. The van der Waals surface area contributed by atoms with Gasteiger partial charge in [-0.3, -0.25) is 4.79 Å². The van der Waals surface area contributed by atoms with E-state index in [9.17, 15) is 4.79 Å². The van der Waals surface area contributed by atoms with E-state index in [1.165, 1.54) is 0 Å². The number of carbonyl (C=O) groups is 1. The second kappa shape index (κ2) is 9.07. The molecule has 27 heavy (non-hydrogen) atoms. The smallest absolute Gasteiger partial charge is 0.320 e. The van der Waals surface area contributed by atoms with Gasteiger partial charge < -0.3 is 9.16 Å². The molecule has 0 spiro atoms. The third kappa shape index (κ3) is 6.50. The molecule has 0 aliphatic heterocycles. The summed E-state index contributed by atoms with van der Waals surface area (Å²) in [6, 6.07) is 17.7. The van der Waals surface area contributed by atoms with Gasteiger partial charge in [-0.1, -0.05) is 79.2 Å². The number of alkyl halides is 1. The number of esters is 1. The minimum Gasteiger partial charge on any atom is -0.544 e. The van der Waals surface area contributed by atoms with Crippen LogP contribution in [0.1, 0.15) is 31.9 Å². The lowest BCUT2D eigenvalue weighted by molar-refractivity contribution is -0.144. The Kier molecular flexibility index (Phi) is 7.29. The van der Waals surface area contributed by atoms with Crippen molar-refractivity contribution in [3.63, 3.8) is 0 Å². The van der Waals surface area contributed by atoms with Crippen LogP contribution in [0.15, 0.2) is 54.6 Å². The highest BCUT2D eigenvalue weighted by atomic mass is 79.9. The van der Waals surface area contributed by atoms with Gasteiger partial charge in [-0.2, -0.15) is 0 Å². The number of halogens is 1. The average Bonchev–Trinajstić information content (AvgIpc) is 2.61. The minimum absolute atomic E-state index is 0.162. The normalized spacial score (nSPS) is 13.1. The van der Waals surface area contributed by atoms with Crippen molar-refractivity contribution in [2.45, 2.75) is 56.8 Å². The Labute approximate surface area is 172 Å². The predicted molar refractivity (Wildman–Crippen MR) is 117 cm³/mol. The molecule has 0 saturated heterocycles. The largest absolute Gasteiger partial charge is 0.544 e. The molecule has 0 heterocycles. The molecule has 0 aliphatic rings. The summed E-state index contributed by atoms with van der Waals surface area (Å²) in [4.78, 5) is 11.8. The summed E-state index contributed by atoms with van der Waals surface area (Å²) in [7, 11) is -1.84. The van der Waals surface area contributed by atoms with Crippen LogP contribution in [0.4, 0.5) is 0 Å². The maximum absolute atomic E-state index is 12.2. The van der Waals surface area contributed by atoms with Crippen molar-refractivity contribution < 1.29 is 14.0 Å². The molecule has 146 valence electrons. The minimum atomic E-state index is -1.84. The first-order chi connectivity index (χ1) is 12.6. The first-order valence-corrected chi connectivity index (χ1v) is 13.0. The van der Waals surface area contributed by atoms with Crippen LogP contribution in [0.5, 0.6) is 5.75 Å². The SMILES string of the molecule is CC(C)(C)[Si](C)(C)Oc1ccc(CC(Br)C(=O)OCc2ccccc2)cc1. The summed E-state index contributed by atoms with van der Waals surface area (Å²) in [5.41, 5.74) is 2.05. The van der Waals surface area contributed by atoms with Gasteiger partial charge in [-0.15, -0.1) is 0 Å². The molecule has 1 atom stereocenters. The van der Waals surface area contributed by atoms with Gasteiger partial charge in [0.25, 0.3) is 0 Å². The van der Waals surface area contributed by atoms with Crippen LogP contribution in [0, 0.1) is 0 Å². The Morgan fingerprint density at radius 1 is 1.00 bits per heavy atom. The molecule has 0 amide bonds. The van der Waals surface area contributed by atoms with Crippen LogP contribution in [0.3, 0.4) is 0 Å². The molecule has 0 saturated carbocycles. The fourth-order valence-electron chi connectivity index (χ4n) is 2.25. The van der Waals surface area contributed by atoms with Gasteiger partial charge in [0.05, 0.1) is 0 Å². The van der Waals surface area contributed by atoms with E-state index in [1.807, 2.05) is 54.6 Å². The van der Waals surface area contributed by atoms with Crippen LogP contribution in [-0.4, -0.2) is 19.1 Å². The molecule has 0 aliphatic carbocycles. The van der Waals surface area contributed by atoms with Gasteiger partial charge in [0.1, 0.15) is 17.2 Å². The monoisotopic (exact) mass is 448 g/mol. The van der Waals surface area contributed by atoms with Crippen molar-refractivity contribution in [2.75, 3.05) is 0 Å². The van der Waals surface area contributed by atoms with Crippen molar-refractivity contribution in [2.24, 2.45) is 0 Å². The lowest BCUT2D eigenvalue weighted by Gasteiger charge is -2.36. The molecule has 1 unspecified atom stereocenters. The van der Waals surface area contributed by atoms with E-state index in [2.05, 4.69) is 49.8 Å². The fourth-order valence-corrected chi connectivity index (χ4v) is 3.79. The molecule has 2 aromatic carbocycles. The number of ether oxygens (including phenoxy) is 1. The molecule has 0 aromatic heterocycles. The number of hydrogen-bond acceptors (Lipinski definition) is 3. The number of rotatable bonds is 7. The van der Waals surface area contributed by atoms with E-state index in [4.69, 9.17) is 9.16 Å². The molecule has 0 bridgehead atoms. The van der Waals surface area contributed by atoms with Crippen LogP contribution in [0.2, 0.25) is 18.1 Å². The van der Waals surface area contributed by atoms with Crippen molar-refractivity contribution in [1.29, 1.82) is 0 Å². The van der Waals surface area contributed by atoms with Gasteiger partial charge in [0.2, 0.25) is 8.32 Å². The Bertz CT molecular complexity index is 736. The highest BCUT2D eigenvalue weighted by molar-refractivity contribution is 9.10. The highest BCUT2D eigenvalue weighted by Crippen LogP contribution is 2.37. The fraction of sp³-hybridized carbons (Fsp3) is 0.409. The molecular formula is C22H29BrO3Si. The Morgan fingerprint density at radius 3 is 2.15 bits per heavy atom. The topological polar surface area (TPSA) is 35.5 Å². The third-order valence-electron chi connectivity index (χ3n) is 5.00. The summed E-state index contributed by atoms with van der Waals surface area (Å²) in [5.74, 6) is 0.642. The highest BCUT2D eigenvalue weighted by Gasteiger charge is 2.38. The molecule has 0 radical (unpaired) electrons. The number of benzene rings is 2. The first-order valence-electron chi connectivity index (χ1n) is 9.21. The van der Waals surface area contributed by atoms with E-state index in [0.29, 0.717) is 13.0 Å². The van der Waals surface area contributed by atoms with E-state index >= 15 is 0 Å². The molecule has 3 nitrogen and oxygen atoms in total. The summed E-state index contributed by atoms with van der Waals surface area (Å²) in [5, 5.41) is 0.162. The average molecular weight is 449 g/mol. The maximum atomic E-state index is 12.2. The predicted octanol–water partition coefficient (Wildman–Crippen LogP) is 6.12. The molecule has 0 fully saturated rings. The van der Waals surface area contributed by atoms with Crippen LogP contribution >= 0.6 is 15.9 Å². The summed E-state index contributed by atoms with van der Waals surface area (Å²) in [6.45, 7) is 11.4. The first kappa shape index (κ1) is 21.7. The van der Waals surface area contributed by atoms with Gasteiger partial charge in [-0.25, -0.2) is 0 Å². The lowest BCUT2D eigenvalue weighted by atomic mass is 10.1. The Balaban J connectivity index is 1.89. The molecule has 0 N–H and O–H groups in total. The van der Waals surface area contributed by atoms with E-state index in [0.717, 1.165) is 16.9 Å². The van der Waals surface area contributed by atoms with Crippen LogP contribution in [0.25, 0.3) is 0 Å². The van der Waals surface area contributed by atoms with E-state index < -0.39 is 8.32 Å². The van der Waals surface area contributed by atoms with Crippen LogP contribution < -0.4 is 4.43 Å². The van der Waals surface area contributed by atoms with E-state index in [-0.39, 0.29) is 15.8 Å². The quantitative estimate of drug-likeness (QED) is 0.290. The van der Waals surface area contributed by atoms with Crippen molar-refractivity contribution in [1.82, 2.24) is 0 Å². The summed E-state index contributed by atoms with van der Waals surface area (Å²) >= 11 is 3.45. The zero-order valence-corrected chi connectivity index (χ0v) is 19.4. The molecule has 2 aromatic rings. The second-order valence-electron chi connectivity index (χ2n) is 8.27. The maximum Gasteiger partial charge on any atom is 0.320 e. The Morgan fingerprint density at radius 2 is 1.59 bits per heavy atom. The van der Waals surface area contributed by atoms with Crippen molar-refractivity contribution >= 4 is 30.2 Å². The van der Waals surface area contributed by atoms with E-state index in [1.54, 1.807) is 0 Å². The van der Waals surface area contributed by atoms with Gasteiger partial charge >= 0.3 is 5.97 Å². The van der Waals surface area contributed by atoms with Crippen molar-refractivity contribution in [3.05, 3.63) is 65.7 Å². The molecular weight excluding hydrogens is 420 g/mol. The zero-order chi connectivity index (χ0) is 20.1. The second-order valence-corrected chi connectivity index (χ2v) is 14.1. The van der Waals surface area contributed by atoms with Gasteiger partial charge in [0, 0.05) is 0 Å². The zero-order valence-electron chi connectivity index (χ0n) is 16.8. The summed E-state index contributed by atoms with van der Waals surface area (Å²) < 4.78 is 11.7. The van der Waals surface area contributed by atoms with Gasteiger partial charge in [0.15, 0.2) is 0 Å². The van der Waals surface area contributed by atoms with Crippen LogP contribution in [-0.2, 0) is 22.6 Å².